The van der Waals surface area contributed by atoms with Crippen LogP contribution in [-0.2, 0) is 13.0 Å². The van der Waals surface area contributed by atoms with Crippen molar-refractivity contribution in [3.63, 3.8) is 0 Å². The number of nitrogens with one attached hydrogen (secondary N) is 2. The molecule has 3 rings (SSSR count). The molecule has 1 aromatic heterocycles. The third kappa shape index (κ3) is 4.94. The van der Waals surface area contributed by atoms with Crippen LogP contribution in [0.3, 0.4) is 0 Å². The second-order valence-electron chi connectivity index (χ2n) is 5.92. The van der Waals surface area contributed by atoms with Gasteiger partial charge in [-0.3, -0.25) is 9.89 Å². The molecule has 0 saturated heterocycles. The van der Waals surface area contributed by atoms with Gasteiger partial charge in [-0.2, -0.15) is 5.10 Å². The van der Waals surface area contributed by atoms with Crippen molar-refractivity contribution < 1.29 is 14.6 Å². The summed E-state index contributed by atoms with van der Waals surface area (Å²) >= 11 is 0. The van der Waals surface area contributed by atoms with E-state index in [9.17, 15) is 9.90 Å². The molecular weight excluding hydrogens is 330 g/mol. The highest BCUT2D eigenvalue weighted by Gasteiger charge is 2.16. The van der Waals surface area contributed by atoms with Crippen molar-refractivity contribution in [2.75, 3.05) is 6.61 Å². The van der Waals surface area contributed by atoms with Gasteiger partial charge in [-0.1, -0.05) is 48.5 Å². The van der Waals surface area contributed by atoms with E-state index >= 15 is 0 Å². The normalized spacial score (nSPS) is 11.7. The molecule has 6 heteroatoms. The van der Waals surface area contributed by atoms with Gasteiger partial charge in [0.1, 0.15) is 18.1 Å². The molecule has 3 aromatic rings. The minimum absolute atomic E-state index is 0.144. The van der Waals surface area contributed by atoms with Crippen LogP contribution in [0.15, 0.2) is 66.7 Å². The third-order valence-electron chi connectivity index (χ3n) is 3.88. The van der Waals surface area contributed by atoms with Crippen LogP contribution >= 0.6 is 0 Å². The molecule has 1 amide bonds. The lowest BCUT2D eigenvalue weighted by Crippen LogP contribution is -2.39. The Hall–Kier alpha value is -3.12. The van der Waals surface area contributed by atoms with Crippen LogP contribution in [-0.4, -0.2) is 33.9 Å². The van der Waals surface area contributed by atoms with Gasteiger partial charge in [0.2, 0.25) is 0 Å². The molecule has 3 N–H and O–H groups in total. The van der Waals surface area contributed by atoms with Gasteiger partial charge in [-0.05, 0) is 30.2 Å². The fourth-order valence-corrected chi connectivity index (χ4v) is 2.55. The minimum Gasteiger partial charge on any atom is -0.487 e. The smallest absolute Gasteiger partial charge is 0.272 e. The Morgan fingerprint density at radius 1 is 1.12 bits per heavy atom. The molecule has 0 unspecified atom stereocenters. The first-order valence-electron chi connectivity index (χ1n) is 8.42. The van der Waals surface area contributed by atoms with Crippen molar-refractivity contribution >= 4 is 5.91 Å². The van der Waals surface area contributed by atoms with Gasteiger partial charge < -0.3 is 15.2 Å². The van der Waals surface area contributed by atoms with Crippen molar-refractivity contribution in [1.29, 1.82) is 0 Å². The number of nitrogens with zero attached hydrogens (tertiary/aromatic N) is 1. The highest BCUT2D eigenvalue weighted by Crippen LogP contribution is 2.11. The Morgan fingerprint density at radius 2 is 1.81 bits per heavy atom. The molecule has 26 heavy (non-hydrogen) atoms. The SMILES string of the molecule is O=C(N[C@H](CO)Cc1ccccc1)c1cc(COc2ccccc2)[nH]n1. The van der Waals surface area contributed by atoms with E-state index in [1.54, 1.807) is 6.07 Å². The number of aliphatic hydroxyl groups excluding tert-OH is 1. The summed E-state index contributed by atoms with van der Waals surface area (Å²) in [5.74, 6) is 0.415. The zero-order valence-electron chi connectivity index (χ0n) is 14.3. The molecule has 0 spiro atoms. The van der Waals surface area contributed by atoms with Crippen LogP contribution in [0.2, 0.25) is 0 Å². The van der Waals surface area contributed by atoms with Crippen LogP contribution in [0.1, 0.15) is 21.7 Å². The van der Waals surface area contributed by atoms with Crippen molar-refractivity contribution in [3.8, 4) is 5.75 Å². The number of aromatic nitrogens is 2. The molecular formula is C20H21N3O3. The predicted octanol–water partition coefficient (Wildman–Crippen LogP) is 2.32. The zero-order chi connectivity index (χ0) is 18.2. The number of ether oxygens (including phenoxy) is 1. The number of hydrogen-bond donors (Lipinski definition) is 3. The molecule has 0 aliphatic carbocycles. The monoisotopic (exact) mass is 351 g/mol. The van der Waals surface area contributed by atoms with E-state index in [0.29, 0.717) is 12.1 Å². The van der Waals surface area contributed by atoms with Crippen LogP contribution in [0, 0.1) is 0 Å². The first-order valence-corrected chi connectivity index (χ1v) is 8.42. The first kappa shape index (κ1) is 17.7. The molecule has 2 aromatic carbocycles. The minimum atomic E-state index is -0.370. The van der Waals surface area contributed by atoms with E-state index in [1.807, 2.05) is 60.7 Å². The number of amides is 1. The van der Waals surface area contributed by atoms with E-state index in [4.69, 9.17) is 4.74 Å². The number of para-hydroxylation sites is 1. The molecule has 0 fully saturated rings. The Kier molecular flexibility index (Phi) is 6.01. The van der Waals surface area contributed by atoms with Crippen LogP contribution in [0.25, 0.3) is 0 Å². The second-order valence-corrected chi connectivity index (χ2v) is 5.92. The lowest BCUT2D eigenvalue weighted by atomic mass is 10.1. The molecule has 1 heterocycles. The van der Waals surface area contributed by atoms with E-state index in [1.165, 1.54) is 0 Å². The van der Waals surface area contributed by atoms with E-state index in [0.717, 1.165) is 11.3 Å². The number of aliphatic hydroxyl groups is 1. The van der Waals surface area contributed by atoms with Crippen molar-refractivity contribution in [2.45, 2.75) is 19.1 Å². The first-order chi connectivity index (χ1) is 12.7. The quantitative estimate of drug-likeness (QED) is 0.581. The molecule has 0 aliphatic rings. The summed E-state index contributed by atoms with van der Waals surface area (Å²) in [6.07, 6.45) is 0.553. The molecule has 6 nitrogen and oxygen atoms in total. The number of aromatic amines is 1. The van der Waals surface area contributed by atoms with Crippen molar-refractivity contribution in [3.05, 3.63) is 83.7 Å². The predicted molar refractivity (Wildman–Crippen MR) is 97.8 cm³/mol. The van der Waals surface area contributed by atoms with Crippen molar-refractivity contribution in [1.82, 2.24) is 15.5 Å². The van der Waals surface area contributed by atoms with Gasteiger partial charge in [0.15, 0.2) is 0 Å². The van der Waals surface area contributed by atoms with Crippen LogP contribution in [0.4, 0.5) is 0 Å². The summed E-state index contributed by atoms with van der Waals surface area (Å²) in [5, 5.41) is 19.2. The molecule has 1 atom stereocenters. The second kappa shape index (κ2) is 8.82. The van der Waals surface area contributed by atoms with Gasteiger partial charge in [0.05, 0.1) is 18.3 Å². The van der Waals surface area contributed by atoms with E-state index in [2.05, 4.69) is 15.5 Å². The maximum absolute atomic E-state index is 12.3. The number of H-pyrrole nitrogens is 1. The maximum atomic E-state index is 12.3. The number of rotatable bonds is 8. The third-order valence-corrected chi connectivity index (χ3v) is 3.88. The standard InChI is InChI=1S/C20H21N3O3/c24-13-16(11-15-7-3-1-4-8-15)21-20(25)19-12-17(22-23-19)14-26-18-9-5-2-6-10-18/h1-10,12,16,24H,11,13-14H2,(H,21,25)(H,22,23)/t16-/m0/s1. The summed E-state index contributed by atoms with van der Waals surface area (Å²) < 4.78 is 5.62. The van der Waals surface area contributed by atoms with Gasteiger partial charge in [0.25, 0.3) is 5.91 Å². The summed E-state index contributed by atoms with van der Waals surface area (Å²) in [6.45, 7) is 0.146. The molecule has 0 aliphatic heterocycles. The molecule has 0 saturated carbocycles. The number of carbonyl (C=O) groups is 1. The van der Waals surface area contributed by atoms with Crippen LogP contribution < -0.4 is 10.1 Å². The lowest BCUT2D eigenvalue weighted by Gasteiger charge is -2.15. The average molecular weight is 351 g/mol. The molecule has 134 valence electrons. The summed E-state index contributed by atoms with van der Waals surface area (Å²) in [7, 11) is 0. The Morgan fingerprint density at radius 3 is 2.50 bits per heavy atom. The van der Waals surface area contributed by atoms with Crippen LogP contribution in [0.5, 0.6) is 5.75 Å². The lowest BCUT2D eigenvalue weighted by molar-refractivity contribution is 0.0911. The largest absolute Gasteiger partial charge is 0.487 e. The van der Waals surface area contributed by atoms with E-state index < -0.39 is 0 Å². The highest BCUT2D eigenvalue weighted by atomic mass is 16.5. The van der Waals surface area contributed by atoms with Gasteiger partial charge in [-0.25, -0.2) is 0 Å². The van der Waals surface area contributed by atoms with Gasteiger partial charge in [0, 0.05) is 0 Å². The number of carbonyl (C=O) groups excluding carboxylic acids is 1. The Labute approximate surface area is 151 Å². The summed E-state index contributed by atoms with van der Waals surface area (Å²) in [5.41, 5.74) is 2.01. The highest BCUT2D eigenvalue weighted by molar-refractivity contribution is 5.92. The fraction of sp³-hybridized carbons (Fsp3) is 0.200. The average Bonchev–Trinajstić information content (AvgIpc) is 3.17. The zero-order valence-corrected chi connectivity index (χ0v) is 14.3. The summed E-state index contributed by atoms with van der Waals surface area (Å²) in [6, 6.07) is 20.4. The Bertz CT molecular complexity index is 819. The Balaban J connectivity index is 1.55. The maximum Gasteiger partial charge on any atom is 0.272 e. The summed E-state index contributed by atoms with van der Waals surface area (Å²) in [4.78, 5) is 12.3. The fourth-order valence-electron chi connectivity index (χ4n) is 2.55. The van der Waals surface area contributed by atoms with E-state index in [-0.39, 0.29) is 30.9 Å². The van der Waals surface area contributed by atoms with Crippen molar-refractivity contribution in [2.24, 2.45) is 0 Å². The topological polar surface area (TPSA) is 87.2 Å². The molecule has 0 radical (unpaired) electrons. The number of benzene rings is 2. The van der Waals surface area contributed by atoms with Gasteiger partial charge >= 0.3 is 0 Å². The molecule has 0 bridgehead atoms. The van der Waals surface area contributed by atoms with Gasteiger partial charge in [-0.15, -0.1) is 0 Å². The number of hydrogen-bond acceptors (Lipinski definition) is 4.